The molecule has 0 radical (unpaired) electrons. The van der Waals surface area contributed by atoms with Crippen LogP contribution in [0, 0.1) is 0 Å². The fourth-order valence-corrected chi connectivity index (χ4v) is 4.63. The maximum Gasteiger partial charge on any atom is 0.145 e. The Hall–Kier alpha value is -4.37. The Morgan fingerprint density at radius 3 is 1.71 bits per heavy atom. The highest BCUT2D eigenvalue weighted by molar-refractivity contribution is 5.77. The standard InChI is InChI=1S/C31H25N3/c1-4-12-25(13-5-1)33(26-14-6-2-7-15-26)28-22-20-24(21-23-28)31-32-29-18-10-11-19-30(29)34(31)27-16-8-3-9-17-27/h1-9,12-23H,10-11H2. The van der Waals surface area contributed by atoms with E-state index in [2.05, 4.69) is 137 Å². The Balaban J connectivity index is 1.47. The fourth-order valence-electron chi connectivity index (χ4n) is 4.63. The van der Waals surface area contributed by atoms with E-state index in [1.54, 1.807) is 0 Å². The van der Waals surface area contributed by atoms with Crippen molar-refractivity contribution in [1.29, 1.82) is 0 Å². The zero-order valence-electron chi connectivity index (χ0n) is 18.9. The summed E-state index contributed by atoms with van der Waals surface area (Å²) in [7, 11) is 0. The van der Waals surface area contributed by atoms with E-state index in [9.17, 15) is 0 Å². The minimum absolute atomic E-state index is 0.975. The molecule has 0 aliphatic heterocycles. The maximum atomic E-state index is 5.05. The maximum absolute atomic E-state index is 5.05. The van der Waals surface area contributed by atoms with Crippen molar-refractivity contribution >= 4 is 29.2 Å². The van der Waals surface area contributed by atoms with Crippen LogP contribution in [0.15, 0.2) is 115 Å². The number of nitrogens with zero attached hydrogens (tertiary/aromatic N) is 3. The molecule has 0 unspecified atom stereocenters. The van der Waals surface area contributed by atoms with E-state index < -0.39 is 0 Å². The van der Waals surface area contributed by atoms with E-state index in [-0.39, 0.29) is 0 Å². The molecule has 1 aromatic heterocycles. The van der Waals surface area contributed by atoms with Gasteiger partial charge in [-0.05, 0) is 73.5 Å². The Kier molecular flexibility index (Phi) is 5.29. The lowest BCUT2D eigenvalue weighted by Crippen LogP contribution is -2.31. The molecule has 0 saturated heterocycles. The number of hydrogen-bond acceptors (Lipinski definition) is 2. The van der Waals surface area contributed by atoms with Crippen molar-refractivity contribution in [1.82, 2.24) is 9.55 Å². The van der Waals surface area contributed by atoms with Crippen molar-refractivity contribution in [3.63, 3.8) is 0 Å². The summed E-state index contributed by atoms with van der Waals surface area (Å²) in [5, 5.41) is 2.26. The van der Waals surface area contributed by atoms with E-state index in [1.807, 2.05) is 0 Å². The summed E-state index contributed by atoms with van der Waals surface area (Å²) >= 11 is 0. The minimum atomic E-state index is 0.975. The minimum Gasteiger partial charge on any atom is -0.311 e. The van der Waals surface area contributed by atoms with Gasteiger partial charge in [-0.15, -0.1) is 0 Å². The van der Waals surface area contributed by atoms with Crippen LogP contribution in [0.1, 0.15) is 12.8 Å². The van der Waals surface area contributed by atoms with Crippen LogP contribution in [0.2, 0.25) is 0 Å². The predicted octanol–water partition coefficient (Wildman–Crippen LogP) is 6.36. The highest BCUT2D eigenvalue weighted by atomic mass is 15.1. The molecule has 0 amide bonds. The van der Waals surface area contributed by atoms with Crippen LogP contribution in [0.5, 0.6) is 0 Å². The van der Waals surface area contributed by atoms with Crippen molar-refractivity contribution in [2.45, 2.75) is 12.8 Å². The van der Waals surface area contributed by atoms with Crippen molar-refractivity contribution < 1.29 is 0 Å². The Bertz CT molecular complexity index is 1480. The van der Waals surface area contributed by atoms with Crippen LogP contribution >= 0.6 is 0 Å². The van der Waals surface area contributed by atoms with Crippen LogP contribution < -0.4 is 15.6 Å². The third kappa shape index (κ3) is 3.71. The molecule has 0 spiro atoms. The Morgan fingerprint density at radius 2 is 1.09 bits per heavy atom. The first kappa shape index (κ1) is 20.3. The van der Waals surface area contributed by atoms with Gasteiger partial charge in [-0.1, -0.05) is 66.7 Å². The Morgan fingerprint density at radius 1 is 0.559 bits per heavy atom. The molecular formula is C31H25N3. The van der Waals surface area contributed by atoms with Gasteiger partial charge in [0.1, 0.15) is 5.82 Å². The molecule has 0 saturated carbocycles. The van der Waals surface area contributed by atoms with Crippen LogP contribution in [0.3, 0.4) is 0 Å². The first-order valence-electron chi connectivity index (χ1n) is 11.7. The Labute approximate surface area is 199 Å². The number of aromatic nitrogens is 2. The van der Waals surface area contributed by atoms with Gasteiger partial charge in [0.15, 0.2) is 0 Å². The average Bonchev–Trinajstić information content (AvgIpc) is 3.31. The molecule has 1 aliphatic rings. The fraction of sp³-hybridized carbons (Fsp3) is 0.0645. The molecule has 5 aromatic rings. The van der Waals surface area contributed by atoms with Gasteiger partial charge in [-0.2, -0.15) is 0 Å². The lowest BCUT2D eigenvalue weighted by molar-refractivity contribution is 1.00. The summed E-state index contributed by atoms with van der Waals surface area (Å²) < 4.78 is 2.28. The molecule has 0 fully saturated rings. The molecule has 34 heavy (non-hydrogen) atoms. The monoisotopic (exact) mass is 439 g/mol. The van der Waals surface area contributed by atoms with E-state index >= 15 is 0 Å². The van der Waals surface area contributed by atoms with Crippen LogP contribution in [-0.4, -0.2) is 9.55 Å². The summed E-state index contributed by atoms with van der Waals surface area (Å²) in [5.74, 6) is 0.975. The molecule has 0 N–H and O–H groups in total. The summed E-state index contributed by atoms with van der Waals surface area (Å²) in [5.41, 5.74) is 5.61. The summed E-state index contributed by atoms with van der Waals surface area (Å²) in [6.07, 6.45) is 6.65. The number of anilines is 3. The molecule has 6 rings (SSSR count). The molecule has 0 bridgehead atoms. The lowest BCUT2D eigenvalue weighted by atomic mass is 10.1. The highest BCUT2D eigenvalue weighted by Crippen LogP contribution is 2.35. The second kappa shape index (κ2) is 8.87. The molecule has 0 atom stereocenters. The van der Waals surface area contributed by atoms with Crippen LogP contribution in [0.4, 0.5) is 17.1 Å². The van der Waals surface area contributed by atoms with Crippen molar-refractivity contribution in [3.05, 3.63) is 126 Å². The van der Waals surface area contributed by atoms with Gasteiger partial charge in [0, 0.05) is 28.3 Å². The molecule has 3 nitrogen and oxygen atoms in total. The number of rotatable bonds is 5. The normalized spacial score (nSPS) is 12.4. The van der Waals surface area contributed by atoms with Gasteiger partial charge in [-0.3, -0.25) is 4.57 Å². The molecule has 3 heteroatoms. The zero-order chi connectivity index (χ0) is 22.7. The van der Waals surface area contributed by atoms with E-state index in [1.165, 1.54) is 5.35 Å². The van der Waals surface area contributed by atoms with E-state index in [4.69, 9.17) is 4.98 Å². The molecule has 164 valence electrons. The van der Waals surface area contributed by atoms with Gasteiger partial charge < -0.3 is 4.90 Å². The first-order chi connectivity index (χ1) is 16.9. The van der Waals surface area contributed by atoms with Gasteiger partial charge in [0.05, 0.1) is 10.7 Å². The topological polar surface area (TPSA) is 21.1 Å². The molecule has 1 heterocycles. The van der Waals surface area contributed by atoms with Crippen molar-refractivity contribution in [2.75, 3.05) is 4.90 Å². The zero-order valence-corrected chi connectivity index (χ0v) is 18.9. The van der Waals surface area contributed by atoms with E-state index in [0.29, 0.717) is 0 Å². The second-order valence-corrected chi connectivity index (χ2v) is 8.42. The van der Waals surface area contributed by atoms with E-state index in [0.717, 1.165) is 52.3 Å². The third-order valence-electron chi connectivity index (χ3n) is 6.21. The number of hydrogen-bond donors (Lipinski definition) is 0. The molecule has 1 aliphatic carbocycles. The molecule has 4 aromatic carbocycles. The van der Waals surface area contributed by atoms with Crippen molar-refractivity contribution in [2.24, 2.45) is 0 Å². The summed E-state index contributed by atoms with van der Waals surface area (Å²) in [6, 6.07) is 40.2. The second-order valence-electron chi connectivity index (χ2n) is 8.42. The van der Waals surface area contributed by atoms with Gasteiger partial charge in [0.2, 0.25) is 0 Å². The third-order valence-corrected chi connectivity index (χ3v) is 6.21. The average molecular weight is 440 g/mol. The van der Waals surface area contributed by atoms with Crippen LogP contribution in [0.25, 0.3) is 29.2 Å². The number of benzene rings is 4. The summed E-state index contributed by atoms with van der Waals surface area (Å²) in [6.45, 7) is 0. The SMILES string of the molecule is C1=c2nc(-c3ccc(N(c4ccccc4)c4ccccc4)cc3)n(-c3ccccc3)c2=CCC1. The quantitative estimate of drug-likeness (QED) is 0.318. The predicted molar refractivity (Wildman–Crippen MR) is 141 cm³/mol. The van der Waals surface area contributed by atoms with Crippen LogP contribution in [-0.2, 0) is 0 Å². The summed E-state index contributed by atoms with van der Waals surface area (Å²) in [4.78, 5) is 7.33. The van der Waals surface area contributed by atoms with Gasteiger partial charge in [0.25, 0.3) is 0 Å². The highest BCUT2D eigenvalue weighted by Gasteiger charge is 2.16. The van der Waals surface area contributed by atoms with Gasteiger partial charge in [-0.25, -0.2) is 4.98 Å². The number of imidazole rings is 1. The largest absolute Gasteiger partial charge is 0.311 e. The number of fused-ring (bicyclic) bond motifs is 1. The molecular weight excluding hydrogens is 414 g/mol. The smallest absolute Gasteiger partial charge is 0.145 e. The van der Waals surface area contributed by atoms with Gasteiger partial charge >= 0.3 is 0 Å². The first-order valence-corrected chi connectivity index (χ1v) is 11.7. The lowest BCUT2D eigenvalue weighted by Gasteiger charge is -2.25. The van der Waals surface area contributed by atoms with Crippen molar-refractivity contribution in [3.8, 4) is 17.1 Å². The number of para-hydroxylation sites is 3.